The summed E-state index contributed by atoms with van der Waals surface area (Å²) in [5, 5.41) is 4.58. The highest BCUT2D eigenvalue weighted by molar-refractivity contribution is 6.39. The van der Waals surface area contributed by atoms with Gasteiger partial charge in [0.1, 0.15) is 0 Å². The first-order valence-corrected chi connectivity index (χ1v) is 9.01. The minimum atomic E-state index is -4.69. The van der Waals surface area contributed by atoms with Gasteiger partial charge in [-0.3, -0.25) is 9.59 Å². The third-order valence-electron chi connectivity index (χ3n) is 5.54. The molecule has 2 amide bonds. The van der Waals surface area contributed by atoms with Gasteiger partial charge in [-0.25, -0.2) is 0 Å². The first-order chi connectivity index (χ1) is 12.1. The highest BCUT2D eigenvalue weighted by Gasteiger charge is 2.42. The second-order valence-electron chi connectivity index (χ2n) is 7.24. The van der Waals surface area contributed by atoms with Crippen molar-refractivity contribution in [2.45, 2.75) is 44.8 Å². The molecule has 2 bridgehead atoms. The van der Waals surface area contributed by atoms with Crippen molar-refractivity contribution in [2.75, 3.05) is 5.32 Å². The first kappa shape index (κ1) is 19.0. The van der Waals surface area contributed by atoms with Crippen molar-refractivity contribution in [3.05, 3.63) is 28.8 Å². The molecule has 142 valence electrons. The second kappa shape index (κ2) is 7.10. The molecule has 2 saturated carbocycles. The molecule has 0 radical (unpaired) electrons. The van der Waals surface area contributed by atoms with E-state index in [4.69, 9.17) is 11.6 Å². The minimum Gasteiger partial charge on any atom is -0.345 e. The van der Waals surface area contributed by atoms with Crippen LogP contribution in [0.25, 0.3) is 0 Å². The van der Waals surface area contributed by atoms with Gasteiger partial charge in [-0.2, -0.15) is 13.2 Å². The fourth-order valence-corrected chi connectivity index (χ4v) is 4.50. The van der Waals surface area contributed by atoms with Crippen LogP contribution in [0, 0.1) is 17.8 Å². The summed E-state index contributed by atoms with van der Waals surface area (Å²) in [5.41, 5.74) is -1.58. The third-order valence-corrected chi connectivity index (χ3v) is 5.77. The van der Waals surface area contributed by atoms with E-state index >= 15 is 0 Å². The Balaban J connectivity index is 1.64. The smallest absolute Gasteiger partial charge is 0.345 e. The van der Waals surface area contributed by atoms with Crippen LogP contribution in [0.4, 0.5) is 18.9 Å². The number of halogens is 4. The van der Waals surface area contributed by atoms with Crippen LogP contribution in [0.15, 0.2) is 18.2 Å². The maximum atomic E-state index is 13.1. The maximum Gasteiger partial charge on any atom is 0.418 e. The number of carbonyl (C=O) groups is 2. The summed E-state index contributed by atoms with van der Waals surface area (Å²) in [6, 6.07) is 2.79. The Kier molecular flexibility index (Phi) is 5.19. The number of amides is 2. The predicted molar refractivity (Wildman–Crippen MR) is 91.6 cm³/mol. The van der Waals surface area contributed by atoms with Gasteiger partial charge in [-0.1, -0.05) is 18.0 Å². The van der Waals surface area contributed by atoms with E-state index in [-0.39, 0.29) is 11.1 Å². The Hall–Kier alpha value is -1.76. The van der Waals surface area contributed by atoms with Crippen LogP contribution in [-0.2, 0) is 15.8 Å². The lowest BCUT2D eigenvalue weighted by Crippen LogP contribution is -2.45. The van der Waals surface area contributed by atoms with Gasteiger partial charge in [0.25, 0.3) is 0 Å². The van der Waals surface area contributed by atoms with Gasteiger partial charge in [-0.05, 0) is 62.1 Å². The molecule has 2 N–H and O–H groups in total. The maximum absolute atomic E-state index is 13.1. The van der Waals surface area contributed by atoms with Gasteiger partial charge in [0, 0.05) is 11.1 Å². The number of hydrogen-bond acceptors (Lipinski definition) is 2. The summed E-state index contributed by atoms with van der Waals surface area (Å²) in [6.45, 7) is 1.85. The minimum absolute atomic E-state index is 0.107. The number of carbonyl (C=O) groups excluding carboxylic acids is 2. The molecule has 1 aromatic rings. The normalized spacial score (nSPS) is 25.8. The lowest BCUT2D eigenvalue weighted by atomic mass is 9.84. The van der Waals surface area contributed by atoms with Crippen molar-refractivity contribution >= 4 is 29.1 Å². The Labute approximate surface area is 154 Å². The van der Waals surface area contributed by atoms with Crippen LogP contribution in [0.3, 0.4) is 0 Å². The van der Waals surface area contributed by atoms with Crippen LogP contribution < -0.4 is 10.6 Å². The van der Waals surface area contributed by atoms with E-state index in [2.05, 4.69) is 5.32 Å². The molecule has 0 heterocycles. The van der Waals surface area contributed by atoms with Crippen LogP contribution in [-0.4, -0.2) is 17.9 Å². The van der Waals surface area contributed by atoms with Crippen molar-refractivity contribution in [2.24, 2.45) is 17.8 Å². The summed E-state index contributed by atoms with van der Waals surface area (Å²) in [7, 11) is 0. The van der Waals surface area contributed by atoms with E-state index in [0.29, 0.717) is 23.8 Å². The van der Waals surface area contributed by atoms with Crippen molar-refractivity contribution in [3.8, 4) is 0 Å². The predicted octanol–water partition coefficient (Wildman–Crippen LogP) is 4.24. The second-order valence-corrected chi connectivity index (χ2v) is 7.68. The summed E-state index contributed by atoms with van der Waals surface area (Å²) < 4.78 is 39.2. The van der Waals surface area contributed by atoms with Gasteiger partial charge in [0.15, 0.2) is 0 Å². The number of fused-ring (bicyclic) bond motifs is 2. The Morgan fingerprint density at radius 2 is 1.92 bits per heavy atom. The zero-order valence-electron chi connectivity index (χ0n) is 14.2. The van der Waals surface area contributed by atoms with E-state index in [0.717, 1.165) is 25.3 Å². The molecule has 1 aromatic carbocycles. The van der Waals surface area contributed by atoms with Crippen molar-refractivity contribution < 1.29 is 22.8 Å². The molecule has 2 aliphatic carbocycles. The van der Waals surface area contributed by atoms with Crippen molar-refractivity contribution in [3.63, 3.8) is 0 Å². The molecule has 0 aliphatic heterocycles. The van der Waals surface area contributed by atoms with E-state index in [9.17, 15) is 22.8 Å². The summed E-state index contributed by atoms with van der Waals surface area (Å²) in [6.07, 6.45) is -0.138. The fraction of sp³-hybridized carbons (Fsp3) is 0.556. The molecule has 2 fully saturated rings. The molecular weight excluding hydrogens is 369 g/mol. The fourth-order valence-electron chi connectivity index (χ4n) is 4.32. The molecule has 3 rings (SSSR count). The Morgan fingerprint density at radius 3 is 2.50 bits per heavy atom. The number of anilines is 1. The van der Waals surface area contributed by atoms with Gasteiger partial charge in [-0.15, -0.1) is 0 Å². The summed E-state index contributed by atoms with van der Waals surface area (Å²) in [4.78, 5) is 24.2. The molecule has 8 heteroatoms. The monoisotopic (exact) mass is 388 g/mol. The van der Waals surface area contributed by atoms with Gasteiger partial charge in [0.2, 0.25) is 0 Å². The van der Waals surface area contributed by atoms with E-state index < -0.39 is 29.2 Å². The molecule has 0 saturated heterocycles. The number of alkyl halides is 3. The van der Waals surface area contributed by atoms with Gasteiger partial charge in [0.05, 0.1) is 11.3 Å². The molecule has 4 unspecified atom stereocenters. The van der Waals surface area contributed by atoms with Crippen molar-refractivity contribution in [1.29, 1.82) is 0 Å². The summed E-state index contributed by atoms with van der Waals surface area (Å²) >= 11 is 5.60. The lowest BCUT2D eigenvalue weighted by Gasteiger charge is -2.28. The van der Waals surface area contributed by atoms with Crippen LogP contribution in [0.2, 0.25) is 5.02 Å². The molecule has 0 aromatic heterocycles. The average molecular weight is 389 g/mol. The summed E-state index contributed by atoms with van der Waals surface area (Å²) in [5.74, 6) is -0.462. The highest BCUT2D eigenvalue weighted by atomic mass is 35.5. The van der Waals surface area contributed by atoms with Crippen LogP contribution >= 0.6 is 11.6 Å². The molecule has 4 nitrogen and oxygen atoms in total. The van der Waals surface area contributed by atoms with Crippen LogP contribution in [0.5, 0.6) is 0 Å². The molecular formula is C18H20ClF3N2O2. The molecule has 4 atom stereocenters. The SMILES string of the molecule is CC(NC(=O)C(=O)Nc1ccc(Cl)cc1C(F)(F)F)C1CC2CCC1C2. The topological polar surface area (TPSA) is 58.2 Å². The number of nitrogens with one attached hydrogen (secondary N) is 2. The van der Waals surface area contributed by atoms with E-state index in [1.165, 1.54) is 12.5 Å². The van der Waals surface area contributed by atoms with Gasteiger partial charge < -0.3 is 10.6 Å². The zero-order chi connectivity index (χ0) is 19.1. The largest absolute Gasteiger partial charge is 0.418 e. The zero-order valence-corrected chi connectivity index (χ0v) is 15.0. The number of hydrogen-bond donors (Lipinski definition) is 2. The third kappa shape index (κ3) is 3.98. The number of benzene rings is 1. The number of rotatable bonds is 3. The molecule has 0 spiro atoms. The van der Waals surface area contributed by atoms with E-state index in [1.807, 2.05) is 12.2 Å². The average Bonchev–Trinajstić information content (AvgIpc) is 3.18. The lowest BCUT2D eigenvalue weighted by molar-refractivity contribution is -0.138. The first-order valence-electron chi connectivity index (χ1n) is 8.63. The Morgan fingerprint density at radius 1 is 1.19 bits per heavy atom. The molecule has 2 aliphatic rings. The van der Waals surface area contributed by atoms with Gasteiger partial charge >= 0.3 is 18.0 Å². The standard InChI is InChI=1S/C18H20ClF3N2O2/c1-9(13-7-10-2-3-11(13)6-10)23-16(25)17(26)24-15-5-4-12(19)8-14(15)18(20,21)22/h4-5,8-11,13H,2-3,6-7H2,1H3,(H,23,25)(H,24,26). The van der Waals surface area contributed by atoms with Crippen LogP contribution in [0.1, 0.15) is 38.2 Å². The van der Waals surface area contributed by atoms with E-state index in [1.54, 1.807) is 0 Å². The highest BCUT2D eigenvalue weighted by Crippen LogP contribution is 2.49. The Bertz CT molecular complexity index is 723. The quantitative estimate of drug-likeness (QED) is 0.761. The molecule has 26 heavy (non-hydrogen) atoms. The van der Waals surface area contributed by atoms with Crippen molar-refractivity contribution in [1.82, 2.24) is 5.32 Å².